The molecule has 0 atom stereocenters. The van der Waals surface area contributed by atoms with E-state index in [1.807, 2.05) is 72.8 Å². The molecule has 6 nitrogen and oxygen atoms in total. The summed E-state index contributed by atoms with van der Waals surface area (Å²) in [5.41, 5.74) is 16.2. The number of nitrogens with zero attached hydrogens (tertiary/aromatic N) is 4. The number of benzene rings is 10. The predicted octanol–water partition coefficient (Wildman–Crippen LogP) is 16.8. The maximum atomic E-state index is 6.62. The van der Waals surface area contributed by atoms with Gasteiger partial charge in [-0.05, 0) is 112 Å². The first-order chi connectivity index (χ1) is 34.2. The van der Waals surface area contributed by atoms with Crippen LogP contribution in [0.5, 0.6) is 0 Å². The molecule has 10 aromatic carbocycles. The van der Waals surface area contributed by atoms with E-state index in [1.54, 1.807) is 0 Å². The standard InChI is InChI=1S/C63H38N4O2/c1-3-14-39(15-4-1)41-18-11-19-42(34-41)43-20-12-21-44(35-43)45-28-31-55-51(36-45)48-22-7-9-25-54(48)67(55)47-30-33-58-53(38-47)60-50(24-13-27-59(60)69-58)63-65-61(40-16-5-2-6-17-40)64-62(66-63)46-29-32-57-52(37-46)49-23-8-10-26-56(49)68-57/h1-38H. The molecule has 0 spiro atoms. The summed E-state index contributed by atoms with van der Waals surface area (Å²) >= 11 is 0. The molecule has 322 valence electrons. The SMILES string of the molecule is c1ccc(-c2cccc(-c3cccc(-c4ccc5c(c4)c4ccccc4n5-c4ccc5oc6cccc(-c7nc(-c8ccccc8)nc(-c8ccc9oc%10ccccc%10c9c8)n7)c6c5c4)c3)c2)cc1. The summed E-state index contributed by atoms with van der Waals surface area (Å²) in [6, 6.07) is 80.7. The second-order valence-corrected chi connectivity index (χ2v) is 17.6. The van der Waals surface area contributed by atoms with Crippen molar-refractivity contribution in [3.8, 4) is 73.2 Å². The Bertz CT molecular complexity index is 4320. The fourth-order valence-electron chi connectivity index (χ4n) is 10.2. The van der Waals surface area contributed by atoms with Crippen LogP contribution in [0.4, 0.5) is 0 Å². The minimum absolute atomic E-state index is 0.562. The van der Waals surface area contributed by atoms with Gasteiger partial charge in [-0.1, -0.05) is 152 Å². The second kappa shape index (κ2) is 15.6. The summed E-state index contributed by atoms with van der Waals surface area (Å²) in [6.45, 7) is 0. The van der Waals surface area contributed by atoms with E-state index in [1.165, 1.54) is 38.6 Å². The average molecular weight is 883 g/mol. The number of hydrogen-bond donors (Lipinski definition) is 0. The zero-order chi connectivity index (χ0) is 45.4. The van der Waals surface area contributed by atoms with Crippen molar-refractivity contribution in [2.75, 3.05) is 0 Å². The van der Waals surface area contributed by atoms with Gasteiger partial charge in [-0.15, -0.1) is 0 Å². The molecule has 0 radical (unpaired) electrons. The Morgan fingerprint density at radius 1 is 0.275 bits per heavy atom. The average Bonchev–Trinajstić information content (AvgIpc) is 4.10. The number of fused-ring (bicyclic) bond motifs is 9. The molecule has 0 bridgehead atoms. The van der Waals surface area contributed by atoms with Crippen LogP contribution >= 0.6 is 0 Å². The molecule has 0 aliphatic heterocycles. The van der Waals surface area contributed by atoms with E-state index in [0.717, 1.165) is 82.9 Å². The summed E-state index contributed by atoms with van der Waals surface area (Å²) in [5.74, 6) is 1.73. The molecule has 14 aromatic rings. The minimum atomic E-state index is 0.562. The molecule has 0 saturated carbocycles. The number of para-hydroxylation sites is 2. The summed E-state index contributed by atoms with van der Waals surface area (Å²) in [4.78, 5) is 15.5. The Morgan fingerprint density at radius 3 is 1.57 bits per heavy atom. The van der Waals surface area contributed by atoms with Gasteiger partial charge in [0.15, 0.2) is 17.5 Å². The maximum Gasteiger partial charge on any atom is 0.164 e. The highest BCUT2D eigenvalue weighted by molar-refractivity contribution is 6.14. The molecule has 0 amide bonds. The third-order valence-corrected chi connectivity index (χ3v) is 13.5. The van der Waals surface area contributed by atoms with Crippen LogP contribution in [-0.4, -0.2) is 19.5 Å². The van der Waals surface area contributed by atoms with Gasteiger partial charge in [-0.3, -0.25) is 0 Å². The molecular formula is C63H38N4O2. The maximum absolute atomic E-state index is 6.62. The van der Waals surface area contributed by atoms with E-state index in [9.17, 15) is 0 Å². The van der Waals surface area contributed by atoms with Crippen LogP contribution in [0.2, 0.25) is 0 Å². The fraction of sp³-hybridized carbons (Fsp3) is 0. The highest BCUT2D eigenvalue weighted by Crippen LogP contribution is 2.41. The largest absolute Gasteiger partial charge is 0.456 e. The van der Waals surface area contributed by atoms with Crippen molar-refractivity contribution in [3.05, 3.63) is 231 Å². The van der Waals surface area contributed by atoms with Gasteiger partial charge in [-0.2, -0.15) is 0 Å². The number of rotatable bonds is 7. The first-order valence-corrected chi connectivity index (χ1v) is 23.2. The molecule has 0 unspecified atom stereocenters. The van der Waals surface area contributed by atoms with Crippen molar-refractivity contribution >= 4 is 65.7 Å². The van der Waals surface area contributed by atoms with Gasteiger partial charge < -0.3 is 13.4 Å². The van der Waals surface area contributed by atoms with Gasteiger partial charge in [0, 0.05) is 54.7 Å². The predicted molar refractivity (Wildman–Crippen MR) is 281 cm³/mol. The Hall–Kier alpha value is -9.39. The van der Waals surface area contributed by atoms with Crippen LogP contribution in [0.25, 0.3) is 139 Å². The molecule has 0 aliphatic rings. The highest BCUT2D eigenvalue weighted by atomic mass is 16.3. The minimum Gasteiger partial charge on any atom is -0.456 e. The van der Waals surface area contributed by atoms with Crippen LogP contribution in [0.3, 0.4) is 0 Å². The molecule has 4 aromatic heterocycles. The van der Waals surface area contributed by atoms with Gasteiger partial charge in [0.2, 0.25) is 0 Å². The number of furan rings is 2. The van der Waals surface area contributed by atoms with Crippen LogP contribution < -0.4 is 0 Å². The molecule has 4 heterocycles. The van der Waals surface area contributed by atoms with E-state index in [0.29, 0.717) is 17.5 Å². The lowest BCUT2D eigenvalue weighted by molar-refractivity contribution is 0.668. The monoisotopic (exact) mass is 882 g/mol. The van der Waals surface area contributed by atoms with Crippen molar-refractivity contribution in [2.24, 2.45) is 0 Å². The van der Waals surface area contributed by atoms with Crippen LogP contribution in [0, 0.1) is 0 Å². The fourth-order valence-corrected chi connectivity index (χ4v) is 10.2. The Morgan fingerprint density at radius 2 is 0.783 bits per heavy atom. The molecule has 0 aliphatic carbocycles. The lowest BCUT2D eigenvalue weighted by Gasteiger charge is -2.11. The van der Waals surface area contributed by atoms with Crippen LogP contribution in [0.15, 0.2) is 239 Å². The van der Waals surface area contributed by atoms with Gasteiger partial charge >= 0.3 is 0 Å². The van der Waals surface area contributed by atoms with E-state index >= 15 is 0 Å². The molecule has 69 heavy (non-hydrogen) atoms. The zero-order valence-corrected chi connectivity index (χ0v) is 37.0. The summed E-state index contributed by atoms with van der Waals surface area (Å²) in [5, 5.41) is 6.35. The van der Waals surface area contributed by atoms with E-state index in [-0.39, 0.29) is 0 Å². The third kappa shape index (κ3) is 6.53. The van der Waals surface area contributed by atoms with Crippen molar-refractivity contribution in [2.45, 2.75) is 0 Å². The molecule has 14 rings (SSSR count). The molecule has 0 N–H and O–H groups in total. The van der Waals surface area contributed by atoms with Crippen molar-refractivity contribution in [3.63, 3.8) is 0 Å². The summed E-state index contributed by atoms with van der Waals surface area (Å²) in [6.07, 6.45) is 0. The van der Waals surface area contributed by atoms with Crippen LogP contribution in [0.1, 0.15) is 0 Å². The first kappa shape index (κ1) is 38.8. The first-order valence-electron chi connectivity index (χ1n) is 23.2. The number of aromatic nitrogens is 4. The highest BCUT2D eigenvalue weighted by Gasteiger charge is 2.21. The van der Waals surface area contributed by atoms with E-state index in [2.05, 4.69) is 162 Å². The molecule has 0 saturated heterocycles. The Balaban J connectivity index is 0.898. The van der Waals surface area contributed by atoms with Gasteiger partial charge in [0.05, 0.1) is 11.0 Å². The number of hydrogen-bond acceptors (Lipinski definition) is 5. The normalized spacial score (nSPS) is 11.8. The second-order valence-electron chi connectivity index (χ2n) is 17.6. The topological polar surface area (TPSA) is 69.9 Å². The lowest BCUT2D eigenvalue weighted by atomic mass is 9.96. The smallest absolute Gasteiger partial charge is 0.164 e. The molecule has 6 heteroatoms. The molecular weight excluding hydrogens is 845 g/mol. The van der Waals surface area contributed by atoms with Gasteiger partial charge in [-0.25, -0.2) is 15.0 Å². The zero-order valence-electron chi connectivity index (χ0n) is 37.0. The Labute approximate surface area is 396 Å². The van der Waals surface area contributed by atoms with E-state index in [4.69, 9.17) is 23.8 Å². The van der Waals surface area contributed by atoms with Gasteiger partial charge in [0.1, 0.15) is 22.3 Å². The van der Waals surface area contributed by atoms with E-state index < -0.39 is 0 Å². The molecule has 0 fully saturated rings. The van der Waals surface area contributed by atoms with Crippen molar-refractivity contribution in [1.29, 1.82) is 0 Å². The Kier molecular flexibility index (Phi) is 8.79. The summed E-state index contributed by atoms with van der Waals surface area (Å²) < 4.78 is 15.2. The van der Waals surface area contributed by atoms with Crippen molar-refractivity contribution in [1.82, 2.24) is 19.5 Å². The lowest BCUT2D eigenvalue weighted by Crippen LogP contribution is -2.00. The summed E-state index contributed by atoms with van der Waals surface area (Å²) in [7, 11) is 0. The van der Waals surface area contributed by atoms with Gasteiger partial charge in [0.25, 0.3) is 0 Å². The quantitative estimate of drug-likeness (QED) is 0.159. The third-order valence-electron chi connectivity index (χ3n) is 13.5. The van der Waals surface area contributed by atoms with Crippen molar-refractivity contribution < 1.29 is 8.83 Å². The van der Waals surface area contributed by atoms with Crippen LogP contribution in [-0.2, 0) is 0 Å².